The van der Waals surface area contributed by atoms with Crippen molar-refractivity contribution in [2.24, 2.45) is 11.8 Å². The molecular formula is C28H34O10. The molecule has 38 heavy (non-hydrogen) atoms. The van der Waals surface area contributed by atoms with Crippen LogP contribution in [0.15, 0.2) is 60.2 Å². The van der Waals surface area contributed by atoms with Crippen molar-refractivity contribution in [1.82, 2.24) is 0 Å². The quantitative estimate of drug-likeness (QED) is 0.187. The first kappa shape index (κ1) is 28.2. The minimum atomic E-state index is -1.61. The summed E-state index contributed by atoms with van der Waals surface area (Å²) < 4.78 is 17.4. The molecule has 206 valence electrons. The van der Waals surface area contributed by atoms with Gasteiger partial charge in [0, 0.05) is 17.6 Å². The lowest BCUT2D eigenvalue weighted by molar-refractivity contribution is -0.318. The molecule has 1 aliphatic heterocycles. The number of hydrogen-bond donors (Lipinski definition) is 5. The van der Waals surface area contributed by atoms with Crippen molar-refractivity contribution in [1.29, 1.82) is 0 Å². The standard InChI is InChI=1S/C28H34O10/c1-28(38-21(30)10-6-5-9-16-7-3-2-4-8-16)14-13-17-18(26(34)35)11-12-19(22(17)28)36-27-25(33)24(32)23(31)20(15-29)37-27/h2-11,17,19-20,22-25,27,29,31-33H,12-15H2,1H3,(H,34,35)/b9-5+,10-6+/t17?,19-,20?,22?,23?,24-,25?,27-,28-/m1/s1. The number of ether oxygens (including phenoxy) is 3. The van der Waals surface area contributed by atoms with Crippen molar-refractivity contribution < 1.29 is 49.3 Å². The molecule has 0 bridgehead atoms. The molecule has 1 aromatic carbocycles. The van der Waals surface area contributed by atoms with Gasteiger partial charge in [-0.3, -0.25) is 0 Å². The average Bonchev–Trinajstić information content (AvgIpc) is 3.24. The van der Waals surface area contributed by atoms with E-state index in [9.17, 15) is 35.1 Å². The average molecular weight is 531 g/mol. The highest BCUT2D eigenvalue weighted by Crippen LogP contribution is 2.52. The molecular weight excluding hydrogens is 496 g/mol. The molecule has 4 rings (SSSR count). The fourth-order valence-corrected chi connectivity index (χ4v) is 5.74. The summed E-state index contributed by atoms with van der Waals surface area (Å²) >= 11 is 0. The summed E-state index contributed by atoms with van der Waals surface area (Å²) in [6.45, 7) is 1.13. The van der Waals surface area contributed by atoms with Crippen LogP contribution in [-0.4, -0.2) is 86.5 Å². The maximum atomic E-state index is 12.7. The monoisotopic (exact) mass is 530 g/mol. The predicted molar refractivity (Wildman–Crippen MR) is 134 cm³/mol. The van der Waals surface area contributed by atoms with Gasteiger partial charge in [0.1, 0.15) is 30.0 Å². The number of fused-ring (bicyclic) bond motifs is 1. The summed E-state index contributed by atoms with van der Waals surface area (Å²) in [5, 5.41) is 49.9. The van der Waals surface area contributed by atoms with Crippen molar-refractivity contribution in [3.05, 3.63) is 65.8 Å². The van der Waals surface area contributed by atoms with Crippen molar-refractivity contribution in [2.45, 2.75) is 68.6 Å². The van der Waals surface area contributed by atoms with E-state index in [1.165, 1.54) is 6.08 Å². The smallest absolute Gasteiger partial charge is 0.331 e. The van der Waals surface area contributed by atoms with Crippen LogP contribution in [0.1, 0.15) is 31.7 Å². The molecule has 0 spiro atoms. The van der Waals surface area contributed by atoms with Crippen LogP contribution in [0.5, 0.6) is 0 Å². The minimum absolute atomic E-state index is 0.139. The van der Waals surface area contributed by atoms with Gasteiger partial charge in [0.05, 0.1) is 12.7 Å². The highest BCUT2D eigenvalue weighted by atomic mass is 16.7. The van der Waals surface area contributed by atoms with E-state index in [4.69, 9.17) is 14.2 Å². The lowest BCUT2D eigenvalue weighted by Crippen LogP contribution is -2.60. The number of esters is 1. The number of aliphatic carboxylic acids is 1. The van der Waals surface area contributed by atoms with Gasteiger partial charge in [-0.05, 0) is 37.7 Å². The summed E-state index contributed by atoms with van der Waals surface area (Å²) in [6, 6.07) is 9.57. The van der Waals surface area contributed by atoms with E-state index in [1.807, 2.05) is 36.4 Å². The van der Waals surface area contributed by atoms with Crippen molar-refractivity contribution in [3.8, 4) is 0 Å². The van der Waals surface area contributed by atoms with Crippen LogP contribution in [0.25, 0.3) is 6.08 Å². The molecule has 2 fully saturated rings. The van der Waals surface area contributed by atoms with Gasteiger partial charge in [0.2, 0.25) is 0 Å². The third-order valence-electron chi connectivity index (χ3n) is 7.63. The Hall–Kier alpha value is -2.86. The van der Waals surface area contributed by atoms with Gasteiger partial charge in [-0.25, -0.2) is 9.59 Å². The van der Waals surface area contributed by atoms with Crippen molar-refractivity contribution in [2.75, 3.05) is 6.61 Å². The molecule has 9 atom stereocenters. The zero-order valence-electron chi connectivity index (χ0n) is 21.0. The van der Waals surface area contributed by atoms with Gasteiger partial charge in [0.15, 0.2) is 6.29 Å². The Labute approximate surface area is 220 Å². The molecule has 10 heteroatoms. The van der Waals surface area contributed by atoms with Crippen LogP contribution >= 0.6 is 0 Å². The van der Waals surface area contributed by atoms with E-state index >= 15 is 0 Å². The van der Waals surface area contributed by atoms with Gasteiger partial charge in [0.25, 0.3) is 0 Å². The molecule has 10 nitrogen and oxygen atoms in total. The van der Waals surface area contributed by atoms with Crippen LogP contribution in [0.4, 0.5) is 0 Å². The largest absolute Gasteiger partial charge is 0.478 e. The summed E-state index contributed by atoms with van der Waals surface area (Å²) in [7, 11) is 0. The maximum absolute atomic E-state index is 12.7. The number of aliphatic hydroxyl groups is 4. The Kier molecular flexibility index (Phi) is 8.81. The number of carbonyl (C=O) groups excluding carboxylic acids is 1. The van der Waals surface area contributed by atoms with Crippen LogP contribution in [0, 0.1) is 11.8 Å². The Morgan fingerprint density at radius 3 is 2.53 bits per heavy atom. The first-order valence-corrected chi connectivity index (χ1v) is 12.7. The molecule has 0 amide bonds. The molecule has 5 unspecified atom stereocenters. The molecule has 5 N–H and O–H groups in total. The second kappa shape index (κ2) is 11.9. The topological polar surface area (TPSA) is 163 Å². The molecule has 1 saturated heterocycles. The van der Waals surface area contributed by atoms with Crippen molar-refractivity contribution in [3.63, 3.8) is 0 Å². The Morgan fingerprint density at radius 1 is 1.11 bits per heavy atom. The number of carbonyl (C=O) groups is 2. The number of aliphatic hydroxyl groups excluding tert-OH is 4. The lowest BCUT2D eigenvalue weighted by atomic mass is 9.74. The second-order valence-corrected chi connectivity index (χ2v) is 10.1. The third-order valence-corrected chi connectivity index (χ3v) is 7.63. The highest BCUT2D eigenvalue weighted by molar-refractivity contribution is 5.88. The maximum Gasteiger partial charge on any atom is 0.331 e. The fraction of sp³-hybridized carbons (Fsp3) is 0.500. The zero-order chi connectivity index (χ0) is 27.4. The lowest BCUT2D eigenvalue weighted by Gasteiger charge is -2.45. The van der Waals surface area contributed by atoms with Gasteiger partial charge in [-0.15, -0.1) is 0 Å². The van der Waals surface area contributed by atoms with Gasteiger partial charge < -0.3 is 39.7 Å². The number of carboxylic acids is 1. The van der Waals surface area contributed by atoms with Crippen LogP contribution in [0.2, 0.25) is 0 Å². The molecule has 0 aromatic heterocycles. The van der Waals surface area contributed by atoms with Crippen molar-refractivity contribution >= 4 is 18.0 Å². The van der Waals surface area contributed by atoms with E-state index < -0.39 is 72.8 Å². The third kappa shape index (κ3) is 5.90. The summed E-state index contributed by atoms with van der Waals surface area (Å²) in [4.78, 5) is 24.7. The number of hydrogen-bond acceptors (Lipinski definition) is 9. The molecule has 1 heterocycles. The predicted octanol–water partition coefficient (Wildman–Crippen LogP) is 1.18. The summed E-state index contributed by atoms with van der Waals surface area (Å²) in [6.07, 6.45) is 0.922. The SMILES string of the molecule is C[C@@]1(OC(=O)/C=C/C=C/c2ccccc2)CCC2C(C(=O)O)=CC[C@@H](O[C@@H]3OC(CO)C(O)[C@@H](O)C3O)C21. The van der Waals surface area contributed by atoms with Crippen LogP contribution < -0.4 is 0 Å². The van der Waals surface area contributed by atoms with E-state index in [1.54, 1.807) is 25.2 Å². The van der Waals surface area contributed by atoms with Gasteiger partial charge >= 0.3 is 11.9 Å². The Balaban J connectivity index is 1.51. The summed E-state index contributed by atoms with van der Waals surface area (Å²) in [5.74, 6) is -2.71. The van der Waals surface area contributed by atoms with Gasteiger partial charge in [-0.2, -0.15) is 0 Å². The Morgan fingerprint density at radius 2 is 1.84 bits per heavy atom. The van der Waals surface area contributed by atoms with Crippen LogP contribution in [-0.2, 0) is 23.8 Å². The Bertz CT molecular complexity index is 1080. The number of rotatable bonds is 8. The normalized spacial score (nSPS) is 37.2. The molecule has 0 radical (unpaired) electrons. The number of benzene rings is 1. The highest BCUT2D eigenvalue weighted by Gasteiger charge is 2.56. The second-order valence-electron chi connectivity index (χ2n) is 10.1. The number of carboxylic acid groups (broad SMARTS) is 1. The fourth-order valence-electron chi connectivity index (χ4n) is 5.74. The summed E-state index contributed by atoms with van der Waals surface area (Å²) in [5.41, 5.74) is 0.104. The number of allylic oxidation sites excluding steroid dienone is 2. The molecule has 1 aromatic rings. The first-order chi connectivity index (χ1) is 18.1. The molecule has 3 aliphatic rings. The van der Waals surface area contributed by atoms with E-state index in [0.717, 1.165) is 5.56 Å². The van der Waals surface area contributed by atoms with Crippen LogP contribution in [0.3, 0.4) is 0 Å². The first-order valence-electron chi connectivity index (χ1n) is 12.7. The molecule has 2 aliphatic carbocycles. The molecule has 1 saturated carbocycles. The van der Waals surface area contributed by atoms with E-state index in [0.29, 0.717) is 12.8 Å². The van der Waals surface area contributed by atoms with E-state index in [-0.39, 0.29) is 12.0 Å². The van der Waals surface area contributed by atoms with Gasteiger partial charge in [-0.1, -0.05) is 54.6 Å². The zero-order valence-corrected chi connectivity index (χ0v) is 21.0. The van der Waals surface area contributed by atoms with E-state index in [2.05, 4.69) is 0 Å². The minimum Gasteiger partial charge on any atom is -0.478 e.